The summed E-state index contributed by atoms with van der Waals surface area (Å²) in [5.41, 5.74) is -0.205. The van der Waals surface area contributed by atoms with Crippen molar-refractivity contribution in [1.29, 1.82) is 0 Å². The highest BCUT2D eigenvalue weighted by atomic mass is 16.3. The molecule has 0 bridgehead atoms. The van der Waals surface area contributed by atoms with Crippen LogP contribution in [-0.4, -0.2) is 29.9 Å². The normalized spacial score (nSPS) is 15.8. The third-order valence-electron chi connectivity index (χ3n) is 3.31. The van der Waals surface area contributed by atoms with Crippen LogP contribution < -0.4 is 11.2 Å². The molecule has 0 saturated carbocycles. The van der Waals surface area contributed by atoms with E-state index in [4.69, 9.17) is 4.11 Å². The van der Waals surface area contributed by atoms with Gasteiger partial charge in [-0.1, -0.05) is 0 Å². The van der Waals surface area contributed by atoms with Gasteiger partial charge in [0, 0.05) is 24.8 Å². The molecule has 0 spiro atoms. The fourth-order valence-corrected chi connectivity index (χ4v) is 2.20. The van der Waals surface area contributed by atoms with Crippen LogP contribution in [0.4, 0.5) is 0 Å². The van der Waals surface area contributed by atoms with Crippen molar-refractivity contribution >= 4 is 11.2 Å². The summed E-state index contributed by atoms with van der Waals surface area (Å²) in [5, 5.41) is 9.48. The number of nitrogens with zero attached hydrogens (tertiary/aromatic N) is 4. The van der Waals surface area contributed by atoms with Crippen LogP contribution in [0.5, 0.6) is 0 Å². The SMILES string of the molecule is [2H]C([2H])([2H])[C@H](O)CCCCn1c(=O)c2c(ncn2C)n(C)c1=O. The van der Waals surface area contributed by atoms with Crippen molar-refractivity contribution in [3.05, 3.63) is 27.2 Å². The summed E-state index contributed by atoms with van der Waals surface area (Å²) in [6, 6.07) is 0. The Hall–Kier alpha value is -1.89. The molecule has 0 aromatic carbocycles. The molecule has 2 aromatic rings. The van der Waals surface area contributed by atoms with Crippen molar-refractivity contribution in [2.45, 2.75) is 38.8 Å². The number of rotatable bonds is 5. The minimum Gasteiger partial charge on any atom is -0.393 e. The van der Waals surface area contributed by atoms with Gasteiger partial charge in [0.1, 0.15) is 0 Å². The van der Waals surface area contributed by atoms with Crippen LogP contribution in [0.15, 0.2) is 15.9 Å². The predicted molar refractivity (Wildman–Crippen MR) is 75.7 cm³/mol. The lowest BCUT2D eigenvalue weighted by atomic mass is 10.2. The number of hydrogen-bond donors (Lipinski definition) is 1. The molecular weight excluding hydrogens is 260 g/mol. The highest BCUT2D eigenvalue weighted by molar-refractivity contribution is 5.69. The molecule has 7 heteroatoms. The van der Waals surface area contributed by atoms with E-state index in [9.17, 15) is 14.7 Å². The fraction of sp³-hybridized carbons (Fsp3) is 0.615. The second-order valence-corrected chi connectivity index (χ2v) is 4.84. The Morgan fingerprint density at radius 1 is 1.40 bits per heavy atom. The average molecular weight is 283 g/mol. The van der Waals surface area contributed by atoms with Crippen LogP contribution in [0.1, 0.15) is 30.2 Å². The van der Waals surface area contributed by atoms with Gasteiger partial charge in [-0.15, -0.1) is 0 Å². The average Bonchev–Trinajstić information content (AvgIpc) is 2.85. The summed E-state index contributed by atoms with van der Waals surface area (Å²) in [6.07, 6.45) is 1.01. The number of aromatic nitrogens is 4. The highest BCUT2D eigenvalue weighted by Crippen LogP contribution is 2.04. The van der Waals surface area contributed by atoms with Gasteiger partial charge in [0.2, 0.25) is 0 Å². The number of imidazole rings is 1. The lowest BCUT2D eigenvalue weighted by molar-refractivity contribution is 0.180. The van der Waals surface area contributed by atoms with E-state index in [0.29, 0.717) is 24.0 Å². The molecule has 2 aromatic heterocycles. The van der Waals surface area contributed by atoms with Crippen molar-refractivity contribution in [3.63, 3.8) is 0 Å². The zero-order valence-electron chi connectivity index (χ0n) is 14.5. The minimum absolute atomic E-state index is 0.0967. The van der Waals surface area contributed by atoms with E-state index >= 15 is 0 Å². The Morgan fingerprint density at radius 2 is 2.15 bits per heavy atom. The van der Waals surface area contributed by atoms with Gasteiger partial charge in [-0.25, -0.2) is 9.78 Å². The van der Waals surface area contributed by atoms with Crippen molar-refractivity contribution in [2.24, 2.45) is 14.1 Å². The van der Waals surface area contributed by atoms with Crippen molar-refractivity contribution in [3.8, 4) is 0 Å². The quantitative estimate of drug-likeness (QED) is 0.782. The molecule has 0 unspecified atom stereocenters. The molecule has 1 N–H and O–H groups in total. The molecule has 2 rings (SSSR count). The van der Waals surface area contributed by atoms with E-state index < -0.39 is 24.2 Å². The first-order valence-electron chi connectivity index (χ1n) is 7.93. The smallest absolute Gasteiger partial charge is 0.332 e. The number of aliphatic hydroxyl groups is 1. The van der Waals surface area contributed by atoms with E-state index in [0.717, 1.165) is 4.57 Å². The zero-order valence-corrected chi connectivity index (χ0v) is 11.5. The molecule has 0 aliphatic rings. The van der Waals surface area contributed by atoms with Gasteiger partial charge in [-0.05, 0) is 26.1 Å². The maximum atomic E-state index is 12.4. The van der Waals surface area contributed by atoms with Gasteiger partial charge in [-0.2, -0.15) is 0 Å². The maximum Gasteiger partial charge on any atom is 0.332 e. The van der Waals surface area contributed by atoms with Crippen LogP contribution in [0.2, 0.25) is 0 Å². The molecule has 0 fully saturated rings. The lowest BCUT2D eigenvalue weighted by Gasteiger charge is -2.09. The lowest BCUT2D eigenvalue weighted by Crippen LogP contribution is -2.39. The van der Waals surface area contributed by atoms with E-state index in [-0.39, 0.29) is 13.0 Å². The number of fused-ring (bicyclic) bond motifs is 1. The molecule has 0 amide bonds. The summed E-state index contributed by atoms with van der Waals surface area (Å²) >= 11 is 0. The summed E-state index contributed by atoms with van der Waals surface area (Å²) in [7, 11) is 3.23. The Kier molecular flexibility index (Phi) is 3.05. The van der Waals surface area contributed by atoms with Crippen molar-refractivity contribution < 1.29 is 9.22 Å². The second kappa shape index (κ2) is 5.62. The van der Waals surface area contributed by atoms with Crippen LogP contribution >= 0.6 is 0 Å². The molecule has 0 aliphatic carbocycles. The molecule has 2 heterocycles. The second-order valence-electron chi connectivity index (χ2n) is 4.84. The maximum absolute atomic E-state index is 12.4. The zero-order chi connectivity index (χ0) is 17.4. The molecule has 110 valence electrons. The Morgan fingerprint density at radius 3 is 2.85 bits per heavy atom. The number of unbranched alkanes of at least 4 members (excludes halogenated alkanes) is 1. The Balaban J connectivity index is 2.17. The number of aliphatic hydroxyl groups excluding tert-OH is 1. The monoisotopic (exact) mass is 283 g/mol. The molecule has 0 radical (unpaired) electrons. The summed E-state index contributed by atoms with van der Waals surface area (Å²) in [4.78, 5) is 28.7. The standard InChI is InChI=1S/C13H20N4O3/c1-9(18)6-4-5-7-17-12(19)10-11(14-8-15(10)2)16(3)13(17)20/h8-9,18H,4-7H2,1-3H3/t9-/m0/s1/i1D3. The molecule has 0 aliphatic heterocycles. The molecule has 0 saturated heterocycles. The van der Waals surface area contributed by atoms with Crippen LogP contribution in [0.3, 0.4) is 0 Å². The molecular formula is C13H20N4O3. The third kappa shape index (κ3) is 2.53. The fourth-order valence-electron chi connectivity index (χ4n) is 2.20. The van der Waals surface area contributed by atoms with E-state index in [1.54, 1.807) is 18.7 Å². The largest absolute Gasteiger partial charge is 0.393 e. The topological polar surface area (TPSA) is 82.1 Å². The predicted octanol–water partition coefficient (Wildman–Crippen LogP) is -0.0152. The van der Waals surface area contributed by atoms with Gasteiger partial charge >= 0.3 is 5.69 Å². The molecule has 1 atom stereocenters. The Labute approximate surface area is 120 Å². The molecule has 20 heavy (non-hydrogen) atoms. The van der Waals surface area contributed by atoms with Crippen LogP contribution in [-0.2, 0) is 20.6 Å². The first kappa shape index (κ1) is 10.8. The first-order valence-corrected chi connectivity index (χ1v) is 6.43. The van der Waals surface area contributed by atoms with E-state index in [2.05, 4.69) is 4.98 Å². The minimum atomic E-state index is -2.40. The van der Waals surface area contributed by atoms with Crippen LogP contribution in [0.25, 0.3) is 11.2 Å². The van der Waals surface area contributed by atoms with Crippen LogP contribution in [0, 0.1) is 0 Å². The highest BCUT2D eigenvalue weighted by Gasteiger charge is 2.14. The summed E-state index contributed by atoms with van der Waals surface area (Å²) < 4.78 is 25.3. The van der Waals surface area contributed by atoms with Crippen molar-refractivity contribution in [1.82, 2.24) is 18.7 Å². The number of aryl methyl sites for hydroxylation is 2. The van der Waals surface area contributed by atoms with Gasteiger partial charge in [0.25, 0.3) is 5.56 Å². The van der Waals surface area contributed by atoms with E-state index in [1.165, 1.54) is 10.9 Å². The van der Waals surface area contributed by atoms with Gasteiger partial charge in [0.05, 0.1) is 12.4 Å². The van der Waals surface area contributed by atoms with Crippen molar-refractivity contribution in [2.75, 3.05) is 0 Å². The van der Waals surface area contributed by atoms with Gasteiger partial charge < -0.3 is 9.67 Å². The summed E-state index contributed by atoms with van der Waals surface area (Å²) in [5.74, 6) is 0. The first-order chi connectivity index (χ1) is 10.6. The van der Waals surface area contributed by atoms with Gasteiger partial charge in [-0.3, -0.25) is 13.9 Å². The third-order valence-corrected chi connectivity index (χ3v) is 3.31. The van der Waals surface area contributed by atoms with E-state index in [1.807, 2.05) is 0 Å². The number of hydrogen-bond acceptors (Lipinski definition) is 4. The molecule has 7 nitrogen and oxygen atoms in total. The Bertz CT molecular complexity index is 819. The summed E-state index contributed by atoms with van der Waals surface area (Å²) in [6.45, 7) is -2.24. The van der Waals surface area contributed by atoms with Gasteiger partial charge in [0.15, 0.2) is 11.2 Å².